The Morgan fingerprint density at radius 1 is 1.21 bits per heavy atom. The smallest absolute Gasteiger partial charge is 0.236 e. The number of nitrogens with two attached hydrogens (primary N) is 2. The number of aliphatic hydroxyl groups is 3. The summed E-state index contributed by atoms with van der Waals surface area (Å²) in [7, 11) is 0. The molecule has 1 saturated heterocycles. The maximum atomic E-state index is 12.0. The average Bonchev–Trinajstić information content (AvgIpc) is 2.51. The van der Waals surface area contributed by atoms with Crippen molar-refractivity contribution in [2.75, 3.05) is 6.61 Å². The SMILES string of the molecule is CC(=O)NC1C(NC(=O)C[C@H](NN)C(N)=O)OC(CO)C(O)C1O. The highest BCUT2D eigenvalue weighted by Crippen LogP contribution is 2.20. The van der Waals surface area contributed by atoms with Crippen molar-refractivity contribution in [2.45, 2.75) is 50.0 Å². The summed E-state index contributed by atoms with van der Waals surface area (Å²) >= 11 is 0. The summed E-state index contributed by atoms with van der Waals surface area (Å²) in [5, 5.41) is 33.8. The first-order chi connectivity index (χ1) is 11.2. The van der Waals surface area contributed by atoms with E-state index in [9.17, 15) is 29.7 Å². The molecule has 0 aliphatic carbocycles. The molecule has 0 aromatic heterocycles. The van der Waals surface area contributed by atoms with Gasteiger partial charge in [0.15, 0.2) is 6.23 Å². The molecule has 1 aliphatic heterocycles. The molecule has 12 nitrogen and oxygen atoms in total. The fourth-order valence-corrected chi connectivity index (χ4v) is 2.28. The number of ether oxygens (including phenoxy) is 1. The summed E-state index contributed by atoms with van der Waals surface area (Å²) in [6.45, 7) is 0.559. The molecular formula is C12H23N5O7. The Kier molecular flexibility index (Phi) is 7.47. The van der Waals surface area contributed by atoms with Crippen LogP contribution in [0.1, 0.15) is 13.3 Å². The van der Waals surface area contributed by atoms with E-state index < -0.39 is 67.4 Å². The number of hydrogen-bond acceptors (Lipinski definition) is 9. The molecule has 1 heterocycles. The highest BCUT2D eigenvalue weighted by atomic mass is 16.5. The lowest BCUT2D eigenvalue weighted by Gasteiger charge is -2.42. The molecule has 24 heavy (non-hydrogen) atoms. The van der Waals surface area contributed by atoms with Gasteiger partial charge in [-0.2, -0.15) is 0 Å². The summed E-state index contributed by atoms with van der Waals surface area (Å²) in [5.41, 5.74) is 7.12. The van der Waals surface area contributed by atoms with Gasteiger partial charge in [0, 0.05) is 6.92 Å². The number of rotatable bonds is 7. The van der Waals surface area contributed by atoms with Crippen LogP contribution in [0.2, 0.25) is 0 Å². The van der Waals surface area contributed by atoms with Gasteiger partial charge in [0.25, 0.3) is 0 Å². The molecule has 0 bridgehead atoms. The van der Waals surface area contributed by atoms with Crippen LogP contribution >= 0.6 is 0 Å². The van der Waals surface area contributed by atoms with Gasteiger partial charge < -0.3 is 36.4 Å². The van der Waals surface area contributed by atoms with Crippen molar-refractivity contribution < 1.29 is 34.4 Å². The topological polar surface area (TPSA) is 209 Å². The molecule has 0 spiro atoms. The third-order valence-corrected chi connectivity index (χ3v) is 3.53. The van der Waals surface area contributed by atoms with Gasteiger partial charge in [-0.05, 0) is 0 Å². The van der Waals surface area contributed by atoms with Gasteiger partial charge in [-0.25, -0.2) is 5.43 Å². The zero-order chi connectivity index (χ0) is 18.4. The van der Waals surface area contributed by atoms with Gasteiger partial charge in [-0.15, -0.1) is 0 Å². The highest BCUT2D eigenvalue weighted by Gasteiger charge is 2.45. The van der Waals surface area contributed by atoms with Gasteiger partial charge in [0.05, 0.1) is 13.0 Å². The second kappa shape index (κ2) is 8.86. The van der Waals surface area contributed by atoms with E-state index in [1.807, 2.05) is 0 Å². The zero-order valence-corrected chi connectivity index (χ0v) is 13.0. The summed E-state index contributed by atoms with van der Waals surface area (Å²) in [5.74, 6) is 3.02. The van der Waals surface area contributed by atoms with Crippen molar-refractivity contribution in [3.8, 4) is 0 Å². The first kappa shape index (κ1) is 20.2. The number of nitrogens with one attached hydrogen (secondary N) is 3. The Bertz CT molecular complexity index is 477. The van der Waals surface area contributed by atoms with Gasteiger partial charge in [0.1, 0.15) is 30.4 Å². The van der Waals surface area contributed by atoms with Crippen LogP contribution in [0.5, 0.6) is 0 Å². The van der Waals surface area contributed by atoms with E-state index in [0.717, 1.165) is 0 Å². The standard InChI is InChI=1S/C12H23N5O7/c1-4(19)15-8-10(22)9(21)6(3-18)24-12(8)16-7(20)2-5(17-14)11(13)23/h5-6,8-10,12,17-18,21-22H,2-3,14H2,1H3,(H2,13,23)(H,15,19)(H,16,20)/t5-,6?,8?,9?,10?,12?/m0/s1. The van der Waals surface area contributed by atoms with Crippen LogP contribution in [0.4, 0.5) is 0 Å². The van der Waals surface area contributed by atoms with Crippen molar-refractivity contribution in [2.24, 2.45) is 11.6 Å². The second-order valence-electron chi connectivity index (χ2n) is 5.38. The fourth-order valence-electron chi connectivity index (χ4n) is 2.28. The molecule has 0 aromatic carbocycles. The monoisotopic (exact) mass is 349 g/mol. The van der Waals surface area contributed by atoms with E-state index in [1.54, 1.807) is 0 Å². The maximum absolute atomic E-state index is 12.0. The van der Waals surface area contributed by atoms with E-state index in [1.165, 1.54) is 6.92 Å². The lowest BCUT2D eigenvalue weighted by atomic mass is 9.95. The molecule has 0 saturated carbocycles. The van der Waals surface area contributed by atoms with Crippen LogP contribution < -0.4 is 27.6 Å². The number of aliphatic hydroxyl groups excluding tert-OH is 3. The van der Waals surface area contributed by atoms with Gasteiger partial charge in [0.2, 0.25) is 17.7 Å². The van der Waals surface area contributed by atoms with Gasteiger partial charge in [-0.1, -0.05) is 0 Å². The van der Waals surface area contributed by atoms with Gasteiger partial charge >= 0.3 is 0 Å². The number of carbonyl (C=O) groups excluding carboxylic acids is 3. The zero-order valence-electron chi connectivity index (χ0n) is 13.0. The molecule has 0 radical (unpaired) electrons. The van der Waals surface area contributed by atoms with Crippen molar-refractivity contribution >= 4 is 17.7 Å². The molecule has 1 aliphatic rings. The summed E-state index contributed by atoms with van der Waals surface area (Å²) in [4.78, 5) is 34.3. The minimum atomic E-state index is -1.50. The van der Waals surface area contributed by atoms with Crippen LogP contribution in [-0.2, 0) is 19.1 Å². The third kappa shape index (κ3) is 5.09. The molecule has 1 rings (SSSR count). The van der Waals surface area contributed by atoms with E-state index in [2.05, 4.69) is 16.1 Å². The van der Waals surface area contributed by atoms with Crippen LogP contribution in [0, 0.1) is 0 Å². The van der Waals surface area contributed by atoms with Crippen molar-refractivity contribution in [3.05, 3.63) is 0 Å². The maximum Gasteiger partial charge on any atom is 0.236 e. The minimum Gasteiger partial charge on any atom is -0.394 e. The number of carbonyl (C=O) groups is 3. The van der Waals surface area contributed by atoms with Crippen LogP contribution in [0.15, 0.2) is 0 Å². The molecular weight excluding hydrogens is 326 g/mol. The molecule has 1 fully saturated rings. The largest absolute Gasteiger partial charge is 0.394 e. The normalized spacial score (nSPS) is 31.1. The van der Waals surface area contributed by atoms with E-state index in [0.29, 0.717) is 0 Å². The van der Waals surface area contributed by atoms with Gasteiger partial charge in [-0.3, -0.25) is 20.2 Å². The molecule has 6 atom stereocenters. The molecule has 0 aromatic rings. The quantitative estimate of drug-likeness (QED) is 0.163. The summed E-state index contributed by atoms with van der Waals surface area (Å²) in [6, 6.07) is -2.29. The predicted octanol–water partition coefficient (Wildman–Crippen LogP) is -5.25. The van der Waals surface area contributed by atoms with Crippen molar-refractivity contribution in [3.63, 3.8) is 0 Å². The van der Waals surface area contributed by atoms with Crippen molar-refractivity contribution in [1.29, 1.82) is 0 Å². The highest BCUT2D eigenvalue weighted by molar-refractivity contribution is 5.87. The van der Waals surface area contributed by atoms with E-state index >= 15 is 0 Å². The molecule has 5 unspecified atom stereocenters. The molecule has 3 amide bonds. The number of hydrogen-bond donors (Lipinski definition) is 8. The van der Waals surface area contributed by atoms with E-state index in [-0.39, 0.29) is 0 Å². The Balaban J connectivity index is 2.84. The third-order valence-electron chi connectivity index (χ3n) is 3.53. The Hall–Kier alpha value is -1.83. The first-order valence-electron chi connectivity index (χ1n) is 7.15. The van der Waals surface area contributed by atoms with E-state index in [4.69, 9.17) is 16.3 Å². The molecule has 12 heteroatoms. The summed E-state index contributed by atoms with van der Waals surface area (Å²) in [6.07, 6.45) is -5.80. The average molecular weight is 349 g/mol. The molecule has 10 N–H and O–H groups in total. The fraction of sp³-hybridized carbons (Fsp3) is 0.750. The Morgan fingerprint density at radius 2 is 1.83 bits per heavy atom. The first-order valence-corrected chi connectivity index (χ1v) is 7.15. The van der Waals surface area contributed by atoms with Crippen LogP contribution in [0.3, 0.4) is 0 Å². The lowest BCUT2D eigenvalue weighted by molar-refractivity contribution is -0.203. The Labute approximate surface area is 137 Å². The number of amides is 3. The number of primary amides is 1. The van der Waals surface area contributed by atoms with Crippen LogP contribution in [-0.4, -0.2) is 76.3 Å². The summed E-state index contributed by atoms with van der Waals surface area (Å²) < 4.78 is 5.30. The second-order valence-corrected chi connectivity index (χ2v) is 5.38. The Morgan fingerprint density at radius 3 is 2.29 bits per heavy atom. The lowest BCUT2D eigenvalue weighted by Crippen LogP contribution is -2.68. The molecule has 138 valence electrons. The van der Waals surface area contributed by atoms with Crippen LogP contribution in [0.25, 0.3) is 0 Å². The van der Waals surface area contributed by atoms with Crippen molar-refractivity contribution in [1.82, 2.24) is 16.1 Å². The predicted molar refractivity (Wildman–Crippen MR) is 78.4 cm³/mol. The minimum absolute atomic E-state index is 0.416. The number of hydrazine groups is 1.